The Balaban J connectivity index is 1.56. The van der Waals surface area contributed by atoms with Crippen molar-refractivity contribution < 1.29 is 4.79 Å². The van der Waals surface area contributed by atoms with Gasteiger partial charge in [-0.2, -0.15) is 0 Å². The Morgan fingerprint density at radius 3 is 2.91 bits per heavy atom. The zero-order valence-corrected chi connectivity index (χ0v) is 12.8. The first-order valence-corrected chi connectivity index (χ1v) is 7.84. The van der Waals surface area contributed by atoms with E-state index in [1.165, 1.54) is 42.3 Å². The zero-order chi connectivity index (χ0) is 15.4. The zero-order valence-electron chi connectivity index (χ0n) is 12.8. The number of fused-ring (bicyclic) bond motifs is 1. The summed E-state index contributed by atoms with van der Waals surface area (Å²) in [5.74, 6) is 0.0146. The fraction of sp³-hybridized carbons (Fsp3) is 0.500. The van der Waals surface area contributed by atoms with Crippen molar-refractivity contribution in [3.8, 4) is 0 Å². The van der Waals surface area contributed by atoms with Gasteiger partial charge >= 0.3 is 0 Å². The molecule has 6 nitrogen and oxygen atoms in total. The molecule has 1 amide bonds. The maximum atomic E-state index is 12.0. The minimum absolute atomic E-state index is 0.0146. The average Bonchev–Trinajstić information content (AvgIpc) is 3.06. The summed E-state index contributed by atoms with van der Waals surface area (Å²) in [7, 11) is 0. The summed E-state index contributed by atoms with van der Waals surface area (Å²) in [6, 6.07) is 6.62. The Morgan fingerprint density at radius 1 is 1.32 bits per heavy atom. The molecule has 6 heteroatoms. The molecule has 3 rings (SSSR count). The second-order valence-corrected chi connectivity index (χ2v) is 5.85. The lowest BCUT2D eigenvalue weighted by molar-refractivity contribution is -0.122. The molecule has 0 radical (unpaired) electrons. The number of amides is 1. The van der Waals surface area contributed by atoms with Crippen molar-refractivity contribution >= 4 is 5.91 Å². The van der Waals surface area contributed by atoms with E-state index in [1.54, 1.807) is 4.68 Å². The number of aromatic nitrogens is 4. The summed E-state index contributed by atoms with van der Waals surface area (Å²) in [4.78, 5) is 12.0. The number of carbonyl (C=O) groups is 1. The first-order chi connectivity index (χ1) is 10.7. The van der Waals surface area contributed by atoms with Crippen LogP contribution in [0.5, 0.6) is 0 Å². The molecule has 1 atom stereocenters. The van der Waals surface area contributed by atoms with Crippen molar-refractivity contribution in [1.82, 2.24) is 25.5 Å². The van der Waals surface area contributed by atoms with Crippen LogP contribution in [0.15, 0.2) is 24.5 Å². The Morgan fingerprint density at radius 2 is 2.14 bits per heavy atom. The number of carbonyl (C=O) groups excluding carboxylic acids is 1. The van der Waals surface area contributed by atoms with Gasteiger partial charge in [0.1, 0.15) is 6.33 Å². The van der Waals surface area contributed by atoms with Crippen LogP contribution in [0.4, 0.5) is 0 Å². The van der Waals surface area contributed by atoms with Gasteiger partial charge in [-0.1, -0.05) is 18.2 Å². The van der Waals surface area contributed by atoms with Crippen molar-refractivity contribution in [2.24, 2.45) is 0 Å². The van der Waals surface area contributed by atoms with Gasteiger partial charge in [0, 0.05) is 6.42 Å². The molecule has 1 heterocycles. The van der Waals surface area contributed by atoms with Crippen molar-refractivity contribution in [1.29, 1.82) is 0 Å². The van der Waals surface area contributed by atoms with Crippen molar-refractivity contribution in [2.45, 2.75) is 51.6 Å². The van der Waals surface area contributed by atoms with E-state index in [4.69, 9.17) is 0 Å². The number of tetrazole rings is 1. The van der Waals surface area contributed by atoms with Crippen molar-refractivity contribution in [2.75, 3.05) is 0 Å². The first-order valence-electron chi connectivity index (χ1n) is 7.84. The first kappa shape index (κ1) is 14.7. The normalized spacial score (nSPS) is 15.1. The molecular weight excluding hydrogens is 278 g/mol. The summed E-state index contributed by atoms with van der Waals surface area (Å²) in [6.07, 6.45) is 6.78. The highest BCUT2D eigenvalue weighted by Gasteiger charge is 2.14. The fourth-order valence-electron chi connectivity index (χ4n) is 2.92. The third-order valence-electron chi connectivity index (χ3n) is 4.21. The number of nitrogens with zero attached hydrogens (tertiary/aromatic N) is 4. The van der Waals surface area contributed by atoms with Gasteiger partial charge in [0.2, 0.25) is 5.91 Å². The van der Waals surface area contributed by atoms with Gasteiger partial charge in [0.15, 0.2) is 0 Å². The average molecular weight is 299 g/mol. The van der Waals surface area contributed by atoms with Crippen LogP contribution in [0.3, 0.4) is 0 Å². The smallest absolute Gasteiger partial charge is 0.222 e. The number of benzene rings is 1. The lowest BCUT2D eigenvalue weighted by atomic mass is 9.89. The van der Waals surface area contributed by atoms with Crippen LogP contribution in [0.1, 0.15) is 48.9 Å². The molecule has 1 aliphatic carbocycles. The standard InChI is InChI=1S/C16H21N5O/c1-12(18-16(22)8-9-21-11-17-19-20-21)14-7-6-13-4-2-3-5-15(13)10-14/h6-7,10-12H,2-5,8-9H2,1H3,(H,18,22)/t12-/m0/s1. The van der Waals surface area contributed by atoms with Crippen LogP contribution in [0.25, 0.3) is 0 Å². The predicted molar refractivity (Wildman–Crippen MR) is 82.1 cm³/mol. The number of hydrogen-bond acceptors (Lipinski definition) is 4. The molecular formula is C16H21N5O. The molecule has 116 valence electrons. The molecule has 0 saturated carbocycles. The highest BCUT2D eigenvalue weighted by Crippen LogP contribution is 2.24. The number of hydrogen-bond donors (Lipinski definition) is 1. The van der Waals surface area contributed by atoms with Gasteiger partial charge in [0.05, 0.1) is 12.6 Å². The van der Waals surface area contributed by atoms with Gasteiger partial charge in [-0.25, -0.2) is 4.68 Å². The SMILES string of the molecule is C[C@H](NC(=O)CCn1cnnn1)c1ccc2c(c1)CCCC2. The van der Waals surface area contributed by atoms with E-state index >= 15 is 0 Å². The third-order valence-corrected chi connectivity index (χ3v) is 4.21. The summed E-state index contributed by atoms with van der Waals surface area (Å²) >= 11 is 0. The molecule has 0 spiro atoms. The number of aryl methyl sites for hydroxylation is 3. The Hall–Kier alpha value is -2.24. The predicted octanol–water partition coefficient (Wildman–Crippen LogP) is 1.82. The van der Waals surface area contributed by atoms with E-state index in [9.17, 15) is 4.79 Å². The topological polar surface area (TPSA) is 72.7 Å². The summed E-state index contributed by atoms with van der Waals surface area (Å²) < 4.78 is 1.56. The maximum absolute atomic E-state index is 12.0. The molecule has 1 N–H and O–H groups in total. The summed E-state index contributed by atoms with van der Waals surface area (Å²) in [5.41, 5.74) is 4.09. The Labute approximate surface area is 129 Å². The van der Waals surface area contributed by atoms with E-state index in [0.29, 0.717) is 13.0 Å². The van der Waals surface area contributed by atoms with Crippen LogP contribution < -0.4 is 5.32 Å². The van der Waals surface area contributed by atoms with Gasteiger partial charge in [0.25, 0.3) is 0 Å². The summed E-state index contributed by atoms with van der Waals surface area (Å²) in [6.45, 7) is 2.52. The fourth-order valence-corrected chi connectivity index (χ4v) is 2.92. The molecule has 0 aliphatic heterocycles. The molecule has 0 fully saturated rings. The molecule has 0 unspecified atom stereocenters. The highest BCUT2D eigenvalue weighted by molar-refractivity contribution is 5.76. The molecule has 1 aliphatic rings. The van der Waals surface area contributed by atoms with Gasteiger partial charge in [-0.3, -0.25) is 4.79 Å². The lowest BCUT2D eigenvalue weighted by Gasteiger charge is -2.20. The Bertz CT molecular complexity index is 638. The quantitative estimate of drug-likeness (QED) is 0.914. The van der Waals surface area contributed by atoms with Crippen LogP contribution in [0.2, 0.25) is 0 Å². The number of nitrogens with one attached hydrogen (secondary N) is 1. The second-order valence-electron chi connectivity index (χ2n) is 5.85. The minimum atomic E-state index is 0.0146. The van der Waals surface area contributed by atoms with Crippen molar-refractivity contribution in [3.63, 3.8) is 0 Å². The third kappa shape index (κ3) is 3.50. The minimum Gasteiger partial charge on any atom is -0.350 e. The molecule has 1 aromatic heterocycles. The molecule has 0 bridgehead atoms. The number of rotatable bonds is 5. The van der Waals surface area contributed by atoms with Crippen LogP contribution in [-0.4, -0.2) is 26.1 Å². The van der Waals surface area contributed by atoms with E-state index in [2.05, 4.69) is 39.0 Å². The van der Waals surface area contributed by atoms with Gasteiger partial charge in [-0.15, -0.1) is 5.10 Å². The van der Waals surface area contributed by atoms with E-state index in [-0.39, 0.29) is 11.9 Å². The van der Waals surface area contributed by atoms with E-state index in [0.717, 1.165) is 6.42 Å². The second kappa shape index (κ2) is 6.68. The van der Waals surface area contributed by atoms with Gasteiger partial charge < -0.3 is 5.32 Å². The highest BCUT2D eigenvalue weighted by atomic mass is 16.1. The molecule has 22 heavy (non-hydrogen) atoms. The van der Waals surface area contributed by atoms with E-state index < -0.39 is 0 Å². The summed E-state index contributed by atoms with van der Waals surface area (Å²) in [5, 5.41) is 13.9. The molecule has 0 saturated heterocycles. The van der Waals surface area contributed by atoms with Gasteiger partial charge in [-0.05, 0) is 59.7 Å². The molecule has 2 aromatic rings. The molecule has 1 aromatic carbocycles. The van der Waals surface area contributed by atoms with Crippen molar-refractivity contribution in [3.05, 3.63) is 41.2 Å². The lowest BCUT2D eigenvalue weighted by Crippen LogP contribution is -2.27. The van der Waals surface area contributed by atoms with Crippen LogP contribution >= 0.6 is 0 Å². The van der Waals surface area contributed by atoms with E-state index in [1.807, 2.05) is 6.92 Å². The maximum Gasteiger partial charge on any atom is 0.222 e. The monoisotopic (exact) mass is 299 g/mol. The van der Waals surface area contributed by atoms with Crippen LogP contribution in [-0.2, 0) is 24.2 Å². The van der Waals surface area contributed by atoms with Crippen LogP contribution in [0, 0.1) is 0 Å². The Kier molecular flexibility index (Phi) is 4.46. The largest absolute Gasteiger partial charge is 0.350 e.